The molecule has 4 heterocycles. The molecule has 0 amide bonds. The first-order valence-electron chi connectivity index (χ1n) is 13.9. The van der Waals surface area contributed by atoms with Crippen LogP contribution < -0.4 is 40.6 Å². The van der Waals surface area contributed by atoms with E-state index in [1.54, 1.807) is 0 Å². The van der Waals surface area contributed by atoms with Gasteiger partial charge in [0.25, 0.3) is 0 Å². The molecule has 2 atom stereocenters. The highest BCUT2D eigenvalue weighted by Crippen LogP contribution is 2.37. The van der Waals surface area contributed by atoms with Gasteiger partial charge in [0.2, 0.25) is 0 Å². The Bertz CT molecular complexity index is 1950. The summed E-state index contributed by atoms with van der Waals surface area (Å²) in [5.41, 5.74) is 7.97. The smallest absolute Gasteiger partial charge is 0.144 e. The fraction of sp³-hybridized carbons (Fsp3) is 0. The molecular weight excluding hydrogens is 521 g/mol. The van der Waals surface area contributed by atoms with Crippen molar-refractivity contribution in [2.45, 2.75) is 0 Å². The molecule has 0 aliphatic carbocycles. The van der Waals surface area contributed by atoms with Gasteiger partial charge >= 0.3 is 0 Å². The normalized spacial score (nSPS) is 17.4. The number of hydrogen-bond donors (Lipinski definition) is 0. The highest BCUT2D eigenvalue weighted by molar-refractivity contribution is 7.01. The van der Waals surface area contributed by atoms with E-state index >= 15 is 0 Å². The number of ether oxygens (including phenoxy) is 2. The van der Waals surface area contributed by atoms with Crippen LogP contribution >= 0.6 is 0 Å². The van der Waals surface area contributed by atoms with Crippen molar-refractivity contribution >= 4 is 48.7 Å². The van der Waals surface area contributed by atoms with Gasteiger partial charge in [-0.25, -0.2) is 0 Å². The van der Waals surface area contributed by atoms with Crippen LogP contribution in [-0.4, -0.2) is 17.6 Å². The van der Waals surface area contributed by atoms with Crippen molar-refractivity contribution in [2.75, 3.05) is 0 Å². The highest BCUT2D eigenvalue weighted by atomic mass is 28.3. The van der Waals surface area contributed by atoms with E-state index in [1.165, 1.54) is 64.5 Å². The molecule has 2 nitrogen and oxygen atoms in total. The molecule has 4 aliphatic rings. The van der Waals surface area contributed by atoms with Crippen LogP contribution in [0.5, 0.6) is 23.0 Å². The van der Waals surface area contributed by atoms with E-state index in [0.717, 1.165) is 23.0 Å². The van der Waals surface area contributed by atoms with Gasteiger partial charge in [-0.1, -0.05) is 97.1 Å². The van der Waals surface area contributed by atoms with Gasteiger partial charge in [0, 0.05) is 0 Å². The summed E-state index contributed by atoms with van der Waals surface area (Å²) in [6.07, 6.45) is 0. The van der Waals surface area contributed by atoms with Gasteiger partial charge in [0.05, 0.1) is 0 Å². The molecule has 0 saturated heterocycles. The lowest BCUT2D eigenvalue weighted by atomic mass is 10.0. The highest BCUT2D eigenvalue weighted by Gasteiger charge is 2.40. The summed E-state index contributed by atoms with van der Waals surface area (Å²) >= 11 is 0. The van der Waals surface area contributed by atoms with Gasteiger partial charge < -0.3 is 9.47 Å². The predicted molar refractivity (Wildman–Crippen MR) is 168 cm³/mol. The second kappa shape index (κ2) is 7.51. The summed E-state index contributed by atoms with van der Waals surface area (Å²) in [6, 6.07) is 44.7. The molecule has 0 radical (unpaired) electrons. The lowest BCUT2D eigenvalue weighted by Crippen LogP contribution is -2.52. The van der Waals surface area contributed by atoms with E-state index in [0.29, 0.717) is 0 Å². The Morgan fingerprint density at radius 2 is 0.800 bits per heavy atom. The van der Waals surface area contributed by atoms with Crippen LogP contribution in [0.25, 0.3) is 33.4 Å². The van der Waals surface area contributed by atoms with Crippen LogP contribution in [-0.2, 0) is 0 Å². The van der Waals surface area contributed by atoms with Gasteiger partial charge in [-0.2, -0.15) is 0 Å². The molecule has 186 valence electrons. The van der Waals surface area contributed by atoms with Crippen molar-refractivity contribution in [3.05, 3.63) is 121 Å². The molecular formula is C36H22O2Si2. The number of fused-ring (bicyclic) bond motifs is 10. The molecule has 10 rings (SSSR count). The molecule has 0 aromatic heterocycles. The van der Waals surface area contributed by atoms with Crippen molar-refractivity contribution in [2.24, 2.45) is 0 Å². The van der Waals surface area contributed by atoms with Crippen molar-refractivity contribution in [3.8, 4) is 56.4 Å². The molecule has 0 N–H and O–H groups in total. The minimum atomic E-state index is -1.62. The van der Waals surface area contributed by atoms with Crippen LogP contribution in [0.1, 0.15) is 0 Å². The molecule has 2 unspecified atom stereocenters. The van der Waals surface area contributed by atoms with E-state index in [-0.39, 0.29) is 0 Å². The van der Waals surface area contributed by atoms with E-state index in [2.05, 4.69) is 121 Å². The second-order valence-corrected chi connectivity index (χ2v) is 16.6. The summed E-state index contributed by atoms with van der Waals surface area (Å²) < 4.78 is 13.0. The average Bonchev–Trinajstić information content (AvgIpc) is 3.53. The van der Waals surface area contributed by atoms with Gasteiger partial charge in [-0.3, -0.25) is 0 Å². The Labute approximate surface area is 235 Å². The number of hydrogen-bond acceptors (Lipinski definition) is 2. The SMILES string of the molecule is c1ccc2c(c1)-c1cccc3c1[SiH]2c1cc(-c2ccc4c(c2)[SiH]2c5ccccc5-c5cccc(c52)O4)ccc1O3. The van der Waals surface area contributed by atoms with Gasteiger partial charge in [-0.05, 0) is 88.8 Å². The Morgan fingerprint density at radius 3 is 1.30 bits per heavy atom. The van der Waals surface area contributed by atoms with Gasteiger partial charge in [0.1, 0.15) is 40.6 Å². The molecule has 6 aromatic rings. The summed E-state index contributed by atoms with van der Waals surface area (Å²) in [5.74, 6) is 4.11. The van der Waals surface area contributed by atoms with Crippen LogP contribution in [0.4, 0.5) is 0 Å². The first-order valence-corrected chi connectivity index (χ1v) is 17.4. The largest absolute Gasteiger partial charge is 0.458 e. The first-order chi connectivity index (χ1) is 19.8. The molecule has 40 heavy (non-hydrogen) atoms. The lowest BCUT2D eigenvalue weighted by Gasteiger charge is -2.27. The van der Waals surface area contributed by atoms with E-state index in [4.69, 9.17) is 9.47 Å². The Morgan fingerprint density at radius 1 is 0.350 bits per heavy atom. The first kappa shape index (κ1) is 21.2. The molecule has 0 bridgehead atoms. The second-order valence-electron chi connectivity index (χ2n) is 11.2. The third-order valence-electron chi connectivity index (χ3n) is 9.25. The maximum Gasteiger partial charge on any atom is 0.144 e. The van der Waals surface area contributed by atoms with Crippen LogP contribution in [0.3, 0.4) is 0 Å². The van der Waals surface area contributed by atoms with Crippen LogP contribution in [0, 0.1) is 0 Å². The zero-order valence-corrected chi connectivity index (χ0v) is 23.8. The van der Waals surface area contributed by atoms with Crippen LogP contribution in [0.2, 0.25) is 0 Å². The van der Waals surface area contributed by atoms with Crippen molar-refractivity contribution in [3.63, 3.8) is 0 Å². The average molecular weight is 543 g/mol. The predicted octanol–water partition coefficient (Wildman–Crippen LogP) is 4.02. The summed E-state index contributed by atoms with van der Waals surface area (Å²) in [6.45, 7) is 0. The van der Waals surface area contributed by atoms with Crippen molar-refractivity contribution in [1.29, 1.82) is 0 Å². The molecule has 4 aliphatic heterocycles. The third kappa shape index (κ3) is 2.62. The monoisotopic (exact) mass is 542 g/mol. The number of rotatable bonds is 1. The Kier molecular flexibility index (Phi) is 3.98. The van der Waals surface area contributed by atoms with Crippen molar-refractivity contribution in [1.82, 2.24) is 0 Å². The van der Waals surface area contributed by atoms with Gasteiger partial charge in [-0.15, -0.1) is 0 Å². The molecule has 0 fully saturated rings. The maximum atomic E-state index is 6.52. The Hall–Kier alpha value is -4.65. The molecule has 0 saturated carbocycles. The van der Waals surface area contributed by atoms with E-state index in [1.807, 2.05) is 0 Å². The fourth-order valence-electron chi connectivity index (χ4n) is 7.61. The quantitative estimate of drug-likeness (QED) is 0.292. The number of benzene rings is 6. The van der Waals surface area contributed by atoms with Crippen molar-refractivity contribution < 1.29 is 9.47 Å². The maximum absolute atomic E-state index is 6.52. The standard InChI is InChI=1S/C36H22O2Si2/c1-3-13-31-23(7-1)25-9-5-11-29-35(25)39(31)33-19-21(15-17-27(33)37-29)22-16-18-28-34(20-22)40-32-14-4-2-8-24(32)26-10-6-12-30(38-28)36(26)40/h1-20,39-40H. The zero-order valence-electron chi connectivity index (χ0n) is 21.5. The zero-order chi connectivity index (χ0) is 25.9. The molecule has 6 aromatic carbocycles. The topological polar surface area (TPSA) is 18.5 Å². The minimum absolute atomic E-state index is 1.01. The summed E-state index contributed by atoms with van der Waals surface area (Å²) in [4.78, 5) is 0. The van der Waals surface area contributed by atoms with Gasteiger partial charge in [0.15, 0.2) is 0 Å². The van der Waals surface area contributed by atoms with Crippen LogP contribution in [0.15, 0.2) is 121 Å². The summed E-state index contributed by atoms with van der Waals surface area (Å²) in [5, 5.41) is 8.65. The fourth-order valence-corrected chi connectivity index (χ4v) is 14.8. The Balaban J connectivity index is 1.14. The summed E-state index contributed by atoms with van der Waals surface area (Å²) in [7, 11) is -3.24. The molecule has 4 heteroatoms. The molecule has 0 spiro atoms. The lowest BCUT2D eigenvalue weighted by molar-refractivity contribution is 0.487. The van der Waals surface area contributed by atoms with E-state index in [9.17, 15) is 0 Å². The third-order valence-corrected chi connectivity index (χ3v) is 16.0. The minimum Gasteiger partial charge on any atom is -0.458 e. The van der Waals surface area contributed by atoms with E-state index < -0.39 is 17.6 Å².